The predicted octanol–water partition coefficient (Wildman–Crippen LogP) is 2.29. The normalized spacial score (nSPS) is 15.0. The number of aromatic nitrogens is 2. The molecule has 0 saturated carbocycles. The van der Waals surface area contributed by atoms with Gasteiger partial charge in [0.2, 0.25) is 0 Å². The first-order chi connectivity index (χ1) is 10.8. The molecule has 23 heavy (non-hydrogen) atoms. The molecule has 2 heterocycles. The van der Waals surface area contributed by atoms with Crippen molar-refractivity contribution in [3.63, 3.8) is 0 Å². The number of ether oxygens (including phenoxy) is 2. The lowest BCUT2D eigenvalue weighted by atomic mass is 10.0. The quantitative estimate of drug-likeness (QED) is 0.778. The van der Waals surface area contributed by atoms with Crippen LogP contribution < -0.4 is 0 Å². The monoisotopic (exact) mass is 319 g/mol. The molecule has 1 amide bonds. The summed E-state index contributed by atoms with van der Waals surface area (Å²) in [5.74, 6) is -0.500. The lowest BCUT2D eigenvalue weighted by Crippen LogP contribution is -2.39. The molecule has 0 aliphatic carbocycles. The van der Waals surface area contributed by atoms with Crippen molar-refractivity contribution in [3.8, 4) is 0 Å². The average molecular weight is 319 g/mol. The summed E-state index contributed by atoms with van der Waals surface area (Å²) >= 11 is 0. The number of carbonyl (C=O) groups is 2. The highest BCUT2D eigenvalue weighted by Crippen LogP contribution is 2.22. The van der Waals surface area contributed by atoms with Gasteiger partial charge >= 0.3 is 12.1 Å². The first-order valence-corrected chi connectivity index (χ1v) is 7.38. The van der Waals surface area contributed by atoms with Crippen molar-refractivity contribution < 1.29 is 19.1 Å². The highest BCUT2D eigenvalue weighted by molar-refractivity contribution is 5.88. The first kappa shape index (κ1) is 16.9. The van der Waals surface area contributed by atoms with Gasteiger partial charge in [-0.1, -0.05) is 6.08 Å². The van der Waals surface area contributed by atoms with E-state index in [0.717, 1.165) is 5.57 Å². The van der Waals surface area contributed by atoms with Gasteiger partial charge in [-0.3, -0.25) is 0 Å². The second-order valence-corrected chi connectivity index (χ2v) is 6.19. The number of hydrogen-bond donors (Lipinski definition) is 0. The molecule has 0 N–H and O–H groups in total. The van der Waals surface area contributed by atoms with Crippen molar-refractivity contribution in [2.24, 2.45) is 0 Å². The van der Waals surface area contributed by atoms with E-state index < -0.39 is 11.6 Å². The van der Waals surface area contributed by atoms with Crippen LogP contribution in [0.15, 0.2) is 18.5 Å². The molecule has 0 spiro atoms. The van der Waals surface area contributed by atoms with Crippen LogP contribution in [-0.2, 0) is 9.47 Å². The van der Waals surface area contributed by atoms with E-state index in [1.807, 2.05) is 26.8 Å². The smallest absolute Gasteiger partial charge is 0.410 e. The van der Waals surface area contributed by atoms with Gasteiger partial charge in [-0.25, -0.2) is 19.6 Å². The highest BCUT2D eigenvalue weighted by Gasteiger charge is 2.24. The van der Waals surface area contributed by atoms with Gasteiger partial charge in [0.25, 0.3) is 0 Å². The van der Waals surface area contributed by atoms with E-state index in [-0.39, 0.29) is 11.8 Å². The summed E-state index contributed by atoms with van der Waals surface area (Å²) < 4.78 is 10.0. The molecular formula is C16H21N3O4. The van der Waals surface area contributed by atoms with E-state index in [4.69, 9.17) is 4.74 Å². The summed E-state index contributed by atoms with van der Waals surface area (Å²) in [6.07, 6.45) is 3.56. The summed E-state index contributed by atoms with van der Waals surface area (Å²) in [5, 5.41) is 0. The van der Waals surface area contributed by atoms with Crippen LogP contribution in [-0.4, -0.2) is 52.7 Å². The van der Waals surface area contributed by atoms with Crippen LogP contribution >= 0.6 is 0 Å². The molecule has 0 bridgehead atoms. The Kier molecular flexibility index (Phi) is 4.98. The average Bonchev–Trinajstić information content (AvgIpc) is 2.53. The Morgan fingerprint density at radius 3 is 2.57 bits per heavy atom. The number of carbonyl (C=O) groups excluding carboxylic acids is 2. The summed E-state index contributed by atoms with van der Waals surface area (Å²) in [6, 6.07) is 1.60. The van der Waals surface area contributed by atoms with Gasteiger partial charge in [-0.15, -0.1) is 0 Å². The third-order valence-corrected chi connectivity index (χ3v) is 3.25. The fourth-order valence-electron chi connectivity index (χ4n) is 2.14. The Morgan fingerprint density at radius 1 is 1.26 bits per heavy atom. The van der Waals surface area contributed by atoms with E-state index in [0.29, 0.717) is 25.2 Å². The molecule has 0 atom stereocenters. The lowest BCUT2D eigenvalue weighted by Gasteiger charge is -2.29. The first-order valence-electron chi connectivity index (χ1n) is 7.38. The number of esters is 1. The largest absolute Gasteiger partial charge is 0.464 e. The SMILES string of the molecule is COC(=O)c1cc(C2=CCN(C(=O)OC(C)(C)C)CC2)ncn1. The zero-order chi connectivity index (χ0) is 17.0. The molecule has 0 radical (unpaired) electrons. The van der Waals surface area contributed by atoms with Crippen molar-refractivity contribution in [1.29, 1.82) is 0 Å². The topological polar surface area (TPSA) is 81.6 Å². The number of hydrogen-bond acceptors (Lipinski definition) is 6. The fourth-order valence-corrected chi connectivity index (χ4v) is 2.14. The van der Waals surface area contributed by atoms with Crippen LogP contribution in [0.1, 0.15) is 43.4 Å². The van der Waals surface area contributed by atoms with Crippen LogP contribution in [0.3, 0.4) is 0 Å². The van der Waals surface area contributed by atoms with Crippen molar-refractivity contribution in [3.05, 3.63) is 29.9 Å². The molecular weight excluding hydrogens is 298 g/mol. The minimum absolute atomic E-state index is 0.216. The third kappa shape index (κ3) is 4.51. The third-order valence-electron chi connectivity index (χ3n) is 3.25. The molecule has 1 aliphatic heterocycles. The van der Waals surface area contributed by atoms with E-state index in [1.165, 1.54) is 13.4 Å². The lowest BCUT2D eigenvalue weighted by molar-refractivity contribution is 0.0270. The van der Waals surface area contributed by atoms with Gasteiger partial charge in [0.1, 0.15) is 11.9 Å². The van der Waals surface area contributed by atoms with Gasteiger partial charge in [-0.2, -0.15) is 0 Å². The van der Waals surface area contributed by atoms with Crippen molar-refractivity contribution in [2.75, 3.05) is 20.2 Å². The predicted molar refractivity (Wildman–Crippen MR) is 83.8 cm³/mol. The Labute approximate surface area is 135 Å². The van der Waals surface area contributed by atoms with Crippen LogP contribution in [0.2, 0.25) is 0 Å². The van der Waals surface area contributed by atoms with Gasteiger partial charge < -0.3 is 14.4 Å². The molecule has 7 heteroatoms. The zero-order valence-electron chi connectivity index (χ0n) is 13.8. The zero-order valence-corrected chi connectivity index (χ0v) is 13.8. The summed E-state index contributed by atoms with van der Waals surface area (Å²) in [6.45, 7) is 6.50. The maximum atomic E-state index is 12.0. The Bertz CT molecular complexity index is 634. The standard InChI is InChI=1S/C16H21N3O4/c1-16(2,3)23-15(21)19-7-5-11(6-8-19)12-9-13(14(20)22-4)18-10-17-12/h5,9-10H,6-8H2,1-4H3. The van der Waals surface area contributed by atoms with Gasteiger partial charge in [0, 0.05) is 13.1 Å². The van der Waals surface area contributed by atoms with Crippen molar-refractivity contribution in [2.45, 2.75) is 32.8 Å². The molecule has 0 unspecified atom stereocenters. The minimum Gasteiger partial charge on any atom is -0.464 e. The molecule has 1 aromatic heterocycles. The number of rotatable bonds is 2. The molecule has 0 saturated heterocycles. The number of nitrogens with zero attached hydrogens (tertiary/aromatic N) is 3. The molecule has 7 nitrogen and oxygen atoms in total. The molecule has 0 fully saturated rings. The molecule has 1 aliphatic rings. The fraction of sp³-hybridized carbons (Fsp3) is 0.500. The van der Waals surface area contributed by atoms with Crippen molar-refractivity contribution in [1.82, 2.24) is 14.9 Å². The second-order valence-electron chi connectivity index (χ2n) is 6.19. The van der Waals surface area contributed by atoms with E-state index in [1.54, 1.807) is 11.0 Å². The molecule has 124 valence electrons. The number of amides is 1. The highest BCUT2D eigenvalue weighted by atomic mass is 16.6. The second kappa shape index (κ2) is 6.76. The van der Waals surface area contributed by atoms with Crippen LogP contribution in [0.4, 0.5) is 4.79 Å². The molecule has 1 aromatic rings. The van der Waals surface area contributed by atoms with Gasteiger partial charge in [0.15, 0.2) is 5.69 Å². The molecule has 0 aromatic carbocycles. The van der Waals surface area contributed by atoms with E-state index in [9.17, 15) is 9.59 Å². The Morgan fingerprint density at radius 2 is 2.00 bits per heavy atom. The molecule has 2 rings (SSSR count). The maximum absolute atomic E-state index is 12.0. The Balaban J connectivity index is 2.07. The summed E-state index contributed by atoms with van der Waals surface area (Å²) in [5.41, 5.74) is 1.35. The minimum atomic E-state index is -0.511. The summed E-state index contributed by atoms with van der Waals surface area (Å²) in [7, 11) is 1.31. The van der Waals surface area contributed by atoms with Crippen LogP contribution in [0, 0.1) is 0 Å². The van der Waals surface area contributed by atoms with E-state index >= 15 is 0 Å². The van der Waals surface area contributed by atoms with Gasteiger partial charge in [-0.05, 0) is 38.8 Å². The Hall–Kier alpha value is -2.44. The van der Waals surface area contributed by atoms with Crippen LogP contribution in [0.25, 0.3) is 5.57 Å². The van der Waals surface area contributed by atoms with Gasteiger partial charge in [0.05, 0.1) is 12.8 Å². The number of methoxy groups -OCH3 is 1. The maximum Gasteiger partial charge on any atom is 0.410 e. The van der Waals surface area contributed by atoms with E-state index in [2.05, 4.69) is 14.7 Å². The summed E-state index contributed by atoms with van der Waals surface area (Å²) in [4.78, 5) is 33.3. The van der Waals surface area contributed by atoms with Crippen LogP contribution in [0.5, 0.6) is 0 Å². The van der Waals surface area contributed by atoms with Crippen molar-refractivity contribution >= 4 is 17.6 Å².